The van der Waals surface area contributed by atoms with Crippen molar-refractivity contribution < 1.29 is 9.21 Å². The Labute approximate surface area is 158 Å². The number of carbonyl (C=O) groups excluding carboxylic acids is 1. The normalized spacial score (nSPS) is 11.0. The van der Waals surface area contributed by atoms with Gasteiger partial charge in [-0.2, -0.15) is 10.2 Å². The predicted molar refractivity (Wildman–Crippen MR) is 102 cm³/mol. The number of H-pyrrole nitrogens is 2. The van der Waals surface area contributed by atoms with E-state index in [9.17, 15) is 4.79 Å². The van der Waals surface area contributed by atoms with Crippen molar-refractivity contribution in [1.29, 1.82) is 0 Å². The van der Waals surface area contributed by atoms with Crippen molar-refractivity contribution in [2.75, 3.05) is 5.32 Å². The van der Waals surface area contributed by atoms with Crippen molar-refractivity contribution in [2.45, 2.75) is 0 Å². The van der Waals surface area contributed by atoms with E-state index in [0.29, 0.717) is 11.5 Å². The van der Waals surface area contributed by atoms with Crippen LogP contribution < -0.4 is 5.32 Å². The van der Waals surface area contributed by atoms with Crippen molar-refractivity contribution in [3.05, 3.63) is 72.9 Å². The largest absolute Gasteiger partial charge is 0.458 e. The first-order chi connectivity index (χ1) is 13.8. The van der Waals surface area contributed by atoms with E-state index in [2.05, 4.69) is 36.8 Å². The van der Waals surface area contributed by atoms with Gasteiger partial charge in [-0.15, -0.1) is 0 Å². The van der Waals surface area contributed by atoms with Crippen LogP contribution in [-0.4, -0.2) is 31.3 Å². The van der Waals surface area contributed by atoms with E-state index in [1.54, 1.807) is 18.5 Å². The molecule has 0 aliphatic heterocycles. The molecule has 3 N–H and O–H groups in total. The van der Waals surface area contributed by atoms with E-state index < -0.39 is 0 Å². The Morgan fingerprint density at radius 1 is 1.11 bits per heavy atom. The van der Waals surface area contributed by atoms with E-state index in [1.807, 2.05) is 36.4 Å². The molecule has 135 valence electrons. The molecule has 0 spiro atoms. The SMILES string of the molecule is O=C(Nc1cccc(-c2n[nH]c3ccc(-c4nc[nH]n4)cc23)c1)c1[c]cco1. The lowest BCUT2D eigenvalue weighted by molar-refractivity contribution is 0.0996. The summed E-state index contributed by atoms with van der Waals surface area (Å²) in [5.74, 6) is 0.387. The maximum atomic E-state index is 12.2. The Kier molecular flexibility index (Phi) is 3.72. The smallest absolute Gasteiger partial charge is 0.292 e. The average molecular weight is 369 g/mol. The summed E-state index contributed by atoms with van der Waals surface area (Å²) in [5.41, 5.74) is 4.05. The second kappa shape index (κ2) is 6.51. The molecule has 0 bridgehead atoms. The molecule has 5 rings (SSSR count). The molecule has 5 aromatic rings. The molecule has 0 saturated carbocycles. The molecule has 8 heteroatoms. The number of aromatic amines is 2. The Morgan fingerprint density at radius 2 is 2.07 bits per heavy atom. The molecular weight excluding hydrogens is 356 g/mol. The van der Waals surface area contributed by atoms with E-state index in [-0.39, 0.29) is 11.7 Å². The highest BCUT2D eigenvalue weighted by Crippen LogP contribution is 2.30. The predicted octanol–water partition coefficient (Wildman–Crippen LogP) is 3.66. The average Bonchev–Trinajstić information content (AvgIpc) is 3.49. The minimum absolute atomic E-state index is 0.131. The highest BCUT2D eigenvalue weighted by molar-refractivity contribution is 6.03. The fourth-order valence-electron chi connectivity index (χ4n) is 3.02. The first kappa shape index (κ1) is 16.0. The Morgan fingerprint density at radius 3 is 2.89 bits per heavy atom. The summed E-state index contributed by atoms with van der Waals surface area (Å²) in [6.45, 7) is 0. The van der Waals surface area contributed by atoms with E-state index in [4.69, 9.17) is 4.42 Å². The van der Waals surface area contributed by atoms with Crippen molar-refractivity contribution in [3.8, 4) is 22.6 Å². The first-order valence-electron chi connectivity index (χ1n) is 8.49. The van der Waals surface area contributed by atoms with Crippen LogP contribution in [0.15, 0.2) is 65.5 Å². The topological polar surface area (TPSA) is 112 Å². The number of anilines is 1. The van der Waals surface area contributed by atoms with Gasteiger partial charge in [0.05, 0.1) is 17.5 Å². The second-order valence-electron chi connectivity index (χ2n) is 6.08. The zero-order chi connectivity index (χ0) is 18.9. The third-order valence-electron chi connectivity index (χ3n) is 4.30. The van der Waals surface area contributed by atoms with Crippen LogP contribution in [0, 0.1) is 6.07 Å². The molecule has 0 fully saturated rings. The Hall–Kier alpha value is -4.20. The van der Waals surface area contributed by atoms with Crippen molar-refractivity contribution >= 4 is 22.5 Å². The summed E-state index contributed by atoms with van der Waals surface area (Å²) in [4.78, 5) is 16.4. The molecule has 8 nitrogen and oxygen atoms in total. The van der Waals surface area contributed by atoms with Crippen molar-refractivity contribution in [3.63, 3.8) is 0 Å². The number of amides is 1. The van der Waals surface area contributed by atoms with Gasteiger partial charge in [0, 0.05) is 28.3 Å². The number of aromatic nitrogens is 5. The molecule has 28 heavy (non-hydrogen) atoms. The van der Waals surface area contributed by atoms with Gasteiger partial charge >= 0.3 is 0 Å². The van der Waals surface area contributed by atoms with Gasteiger partial charge in [-0.25, -0.2) is 4.98 Å². The standard InChI is InChI=1S/C20H13N6O2/c27-20(17-5-2-8-28-17)23-14-4-1-3-12(9-14)18-15-10-13(19-21-11-22-26-19)6-7-16(15)24-25-18/h1-4,6-11H,(H,23,27)(H,24,25)(H,21,22,26). The molecule has 0 unspecified atom stereocenters. The number of hydrogen-bond donors (Lipinski definition) is 3. The number of fused-ring (bicyclic) bond motifs is 1. The minimum Gasteiger partial charge on any atom is -0.458 e. The maximum Gasteiger partial charge on any atom is 0.292 e. The van der Waals surface area contributed by atoms with Crippen LogP contribution in [0.3, 0.4) is 0 Å². The molecule has 3 heterocycles. The zero-order valence-corrected chi connectivity index (χ0v) is 14.4. The zero-order valence-electron chi connectivity index (χ0n) is 14.4. The van der Waals surface area contributed by atoms with E-state index in [0.717, 1.165) is 27.7 Å². The molecule has 0 aliphatic carbocycles. The molecule has 3 aromatic heterocycles. The number of benzene rings is 2. The minimum atomic E-state index is -0.360. The van der Waals surface area contributed by atoms with E-state index in [1.165, 1.54) is 6.26 Å². The highest BCUT2D eigenvalue weighted by Gasteiger charge is 2.13. The fraction of sp³-hybridized carbons (Fsp3) is 0. The number of rotatable bonds is 4. The van der Waals surface area contributed by atoms with Gasteiger partial charge in [0.25, 0.3) is 5.91 Å². The van der Waals surface area contributed by atoms with Gasteiger partial charge in [0.2, 0.25) is 0 Å². The lowest BCUT2D eigenvalue weighted by atomic mass is 10.0. The lowest BCUT2D eigenvalue weighted by Gasteiger charge is -2.05. The second-order valence-corrected chi connectivity index (χ2v) is 6.08. The van der Waals surface area contributed by atoms with Gasteiger partial charge < -0.3 is 9.73 Å². The summed E-state index contributed by atoms with van der Waals surface area (Å²) in [6.07, 6.45) is 2.95. The van der Waals surface area contributed by atoms with Crippen molar-refractivity contribution in [1.82, 2.24) is 25.4 Å². The van der Waals surface area contributed by atoms with Crippen LogP contribution in [0.2, 0.25) is 0 Å². The van der Waals surface area contributed by atoms with Gasteiger partial charge in [0.1, 0.15) is 6.33 Å². The lowest BCUT2D eigenvalue weighted by Crippen LogP contribution is -2.10. The van der Waals surface area contributed by atoms with Gasteiger partial charge in [-0.3, -0.25) is 15.0 Å². The Bertz CT molecular complexity index is 1260. The third kappa shape index (κ3) is 2.82. The molecule has 2 aromatic carbocycles. The van der Waals surface area contributed by atoms with Gasteiger partial charge in [-0.1, -0.05) is 12.1 Å². The third-order valence-corrected chi connectivity index (χ3v) is 4.30. The van der Waals surface area contributed by atoms with Crippen LogP contribution in [0.1, 0.15) is 10.6 Å². The Balaban J connectivity index is 1.51. The number of hydrogen-bond acceptors (Lipinski definition) is 5. The van der Waals surface area contributed by atoms with Crippen LogP contribution in [0.25, 0.3) is 33.5 Å². The molecular formula is C20H13N6O2. The summed E-state index contributed by atoms with van der Waals surface area (Å²) in [5, 5.41) is 18.1. The number of furan rings is 1. The van der Waals surface area contributed by atoms with Gasteiger partial charge in [-0.05, 0) is 36.4 Å². The monoisotopic (exact) mass is 369 g/mol. The van der Waals surface area contributed by atoms with Crippen LogP contribution in [0.4, 0.5) is 5.69 Å². The van der Waals surface area contributed by atoms with Crippen LogP contribution in [-0.2, 0) is 0 Å². The van der Waals surface area contributed by atoms with Crippen LogP contribution >= 0.6 is 0 Å². The maximum absolute atomic E-state index is 12.2. The fourth-order valence-corrected chi connectivity index (χ4v) is 3.02. The molecule has 0 saturated heterocycles. The summed E-state index contributed by atoms with van der Waals surface area (Å²) in [6, 6.07) is 17.6. The summed E-state index contributed by atoms with van der Waals surface area (Å²) in [7, 11) is 0. The van der Waals surface area contributed by atoms with Gasteiger partial charge in [0.15, 0.2) is 11.6 Å². The summed E-state index contributed by atoms with van der Waals surface area (Å²) >= 11 is 0. The molecule has 1 radical (unpaired) electrons. The molecule has 0 aliphatic rings. The highest BCUT2D eigenvalue weighted by atomic mass is 16.3. The molecule has 1 amide bonds. The van der Waals surface area contributed by atoms with E-state index >= 15 is 0 Å². The first-order valence-corrected chi connectivity index (χ1v) is 8.49. The molecule has 0 atom stereocenters. The summed E-state index contributed by atoms with van der Waals surface area (Å²) < 4.78 is 5.08. The van der Waals surface area contributed by atoms with Crippen LogP contribution in [0.5, 0.6) is 0 Å². The number of carbonyl (C=O) groups is 1. The quantitative estimate of drug-likeness (QED) is 0.447. The number of nitrogens with zero attached hydrogens (tertiary/aromatic N) is 3. The van der Waals surface area contributed by atoms with Crippen molar-refractivity contribution in [2.24, 2.45) is 0 Å². The number of nitrogens with one attached hydrogen (secondary N) is 3.